The number of thioether (sulfide) groups is 1. The smallest absolute Gasteiger partial charge is 1.00 e. The second-order valence-corrected chi connectivity index (χ2v) is 7.78. The van der Waals surface area contributed by atoms with Gasteiger partial charge in [0.1, 0.15) is 17.1 Å². The minimum atomic E-state index is -1.25. The maximum Gasteiger partial charge on any atom is 1.00 e. The number of carbonyl (C=O) groups excluding carboxylic acids is 2. The van der Waals surface area contributed by atoms with Crippen molar-refractivity contribution >= 4 is 64.1 Å². The molecule has 0 spiro atoms. The van der Waals surface area contributed by atoms with Gasteiger partial charge in [0.2, 0.25) is 5.91 Å². The summed E-state index contributed by atoms with van der Waals surface area (Å²) < 4.78 is 0.340. The van der Waals surface area contributed by atoms with Gasteiger partial charge in [-0.3, -0.25) is 14.5 Å². The van der Waals surface area contributed by atoms with E-state index in [2.05, 4.69) is 10.3 Å². The average Bonchev–Trinajstić information content (AvgIpc) is 2.89. The van der Waals surface area contributed by atoms with Gasteiger partial charge < -0.3 is 11.8 Å². The molecule has 2 N–H and O–H groups in total. The van der Waals surface area contributed by atoms with Crippen molar-refractivity contribution in [1.82, 2.24) is 15.2 Å². The van der Waals surface area contributed by atoms with Crippen molar-refractivity contribution < 1.29 is 50.5 Å². The number of fused-ring (bicyclic) bond motifs is 1. The van der Waals surface area contributed by atoms with Crippen molar-refractivity contribution in [3.8, 4) is 0 Å². The molecule has 0 saturated carbocycles. The number of hydrogen-bond acceptors (Lipinski definition) is 6. The Morgan fingerprint density at radius 1 is 1.50 bits per heavy atom. The van der Waals surface area contributed by atoms with E-state index in [9.17, 15) is 14.4 Å². The summed E-state index contributed by atoms with van der Waals surface area (Å²) in [7, 11) is 0. The minimum absolute atomic E-state index is 0. The molecule has 7 nitrogen and oxygen atoms in total. The van der Waals surface area contributed by atoms with Gasteiger partial charge in [-0.25, -0.2) is 9.78 Å². The molecule has 1 saturated heterocycles. The van der Waals surface area contributed by atoms with E-state index in [0.29, 0.717) is 10.2 Å². The van der Waals surface area contributed by atoms with E-state index >= 15 is 0 Å². The van der Waals surface area contributed by atoms with E-state index in [1.54, 1.807) is 5.38 Å². The number of aromatic nitrogens is 1. The summed E-state index contributed by atoms with van der Waals surface area (Å²) >= 11 is 14.1. The molecule has 3 heterocycles. The van der Waals surface area contributed by atoms with E-state index in [4.69, 9.17) is 28.3 Å². The van der Waals surface area contributed by atoms with Gasteiger partial charge in [0.15, 0.2) is 4.47 Å². The van der Waals surface area contributed by atoms with Gasteiger partial charge in [-0.1, -0.05) is 23.2 Å². The molecule has 0 unspecified atom stereocenters. The molecule has 0 radical (unpaired) electrons. The van der Waals surface area contributed by atoms with Crippen LogP contribution in [0.4, 0.5) is 0 Å². The van der Waals surface area contributed by atoms with Crippen LogP contribution in [-0.2, 0) is 20.8 Å². The topological polar surface area (TPSA) is 99.6 Å². The molecule has 2 aliphatic heterocycles. The molecule has 0 aromatic carbocycles. The predicted octanol–water partition coefficient (Wildman–Crippen LogP) is -1.61. The number of hydrogen-bond donors (Lipinski definition) is 2. The second-order valence-electron chi connectivity index (χ2n) is 4.78. The van der Waals surface area contributed by atoms with Crippen LogP contribution < -0.4 is 34.9 Å². The molecule has 3 rings (SSSR count). The first-order chi connectivity index (χ1) is 10.9. The van der Waals surface area contributed by atoms with Gasteiger partial charge in [0.05, 0.1) is 17.1 Å². The number of halogens is 2. The number of rotatable bonds is 4. The summed E-state index contributed by atoms with van der Waals surface area (Å²) in [4.78, 5) is 40.5. The first-order valence-corrected chi connectivity index (χ1v) is 9.03. The van der Waals surface area contributed by atoms with E-state index in [1.807, 2.05) is 0 Å². The molecular formula is C12H10Cl2N3NaO4S2. The number of β-lactam (4-membered cyclic amide) rings is 1. The van der Waals surface area contributed by atoms with E-state index in [0.717, 1.165) is 4.90 Å². The van der Waals surface area contributed by atoms with Gasteiger partial charge in [0, 0.05) is 11.1 Å². The molecule has 0 aliphatic carbocycles. The number of amides is 2. The fourth-order valence-electron chi connectivity index (χ4n) is 2.33. The van der Waals surface area contributed by atoms with Crippen LogP contribution in [0.5, 0.6) is 0 Å². The largest absolute Gasteiger partial charge is 1.00 e. The molecule has 2 aliphatic rings. The van der Waals surface area contributed by atoms with Gasteiger partial charge in [-0.05, 0) is 0 Å². The maximum atomic E-state index is 12.2. The summed E-state index contributed by atoms with van der Waals surface area (Å²) in [5.41, 5.74) is 0.309. The first-order valence-electron chi connectivity index (χ1n) is 6.34. The third-order valence-electron chi connectivity index (χ3n) is 3.31. The molecule has 1 aromatic rings. The Hall–Kier alpha value is -0.290. The Kier molecular flexibility index (Phi) is 6.63. The zero-order valence-corrected chi connectivity index (χ0v) is 17.4. The van der Waals surface area contributed by atoms with Crippen LogP contribution in [0.2, 0.25) is 4.47 Å². The SMILES string of the molecule is O=C(Cc1csc(Cl)n1)N[C@@H]1C(=O)N2C(C(=O)O)=C(Cl)CS[C@H]12.[H-].[Na+]. The summed E-state index contributed by atoms with van der Waals surface area (Å²) in [6.07, 6.45) is 0.00672. The Bertz CT molecular complexity index is 748. The second kappa shape index (κ2) is 7.94. The zero-order valence-electron chi connectivity index (χ0n) is 13.3. The predicted molar refractivity (Wildman–Crippen MR) is 87.5 cm³/mol. The van der Waals surface area contributed by atoms with Crippen LogP contribution in [0.3, 0.4) is 0 Å². The van der Waals surface area contributed by atoms with Crippen LogP contribution >= 0.6 is 46.3 Å². The maximum absolute atomic E-state index is 12.2. The third-order valence-corrected chi connectivity index (χ3v) is 6.08. The number of carbonyl (C=O) groups is 3. The van der Waals surface area contributed by atoms with Crippen LogP contribution in [0.25, 0.3) is 0 Å². The number of carboxylic acid groups (broad SMARTS) is 1. The molecule has 2 amide bonds. The molecule has 2 atom stereocenters. The van der Waals surface area contributed by atoms with Crippen molar-refractivity contribution in [1.29, 1.82) is 0 Å². The van der Waals surface area contributed by atoms with Crippen molar-refractivity contribution in [2.75, 3.05) is 5.75 Å². The van der Waals surface area contributed by atoms with Crippen molar-refractivity contribution in [3.63, 3.8) is 0 Å². The summed E-state index contributed by atoms with van der Waals surface area (Å²) in [5.74, 6) is -1.83. The van der Waals surface area contributed by atoms with Gasteiger partial charge in [-0.2, -0.15) is 0 Å². The quantitative estimate of drug-likeness (QED) is 0.451. The number of carboxylic acids is 1. The Morgan fingerprint density at radius 3 is 2.79 bits per heavy atom. The molecule has 1 aromatic heterocycles. The van der Waals surface area contributed by atoms with Crippen LogP contribution in [0.15, 0.2) is 16.1 Å². The Labute approximate surface area is 178 Å². The molecule has 12 heteroatoms. The zero-order chi connectivity index (χ0) is 16.7. The monoisotopic (exact) mass is 417 g/mol. The molecule has 1 fully saturated rings. The van der Waals surface area contributed by atoms with Crippen LogP contribution in [-0.4, -0.2) is 49.9 Å². The summed E-state index contributed by atoms with van der Waals surface area (Å²) in [5, 5.41) is 13.1. The fraction of sp³-hybridized carbons (Fsp3) is 0.333. The molecule has 124 valence electrons. The van der Waals surface area contributed by atoms with E-state index < -0.39 is 23.3 Å². The van der Waals surface area contributed by atoms with Crippen molar-refractivity contribution in [3.05, 3.63) is 26.3 Å². The van der Waals surface area contributed by atoms with Crippen LogP contribution in [0.1, 0.15) is 7.12 Å². The Morgan fingerprint density at radius 2 is 2.21 bits per heavy atom. The average molecular weight is 418 g/mol. The number of nitrogens with one attached hydrogen (secondary N) is 1. The third kappa shape index (κ3) is 3.77. The van der Waals surface area contributed by atoms with Gasteiger partial charge in [-0.15, -0.1) is 23.1 Å². The summed E-state index contributed by atoms with van der Waals surface area (Å²) in [6, 6.07) is -0.763. The normalized spacial score (nSPS) is 22.4. The molecular weight excluding hydrogens is 408 g/mol. The van der Waals surface area contributed by atoms with Crippen LogP contribution in [0, 0.1) is 0 Å². The number of nitrogens with zero attached hydrogens (tertiary/aromatic N) is 2. The molecule has 0 bridgehead atoms. The summed E-state index contributed by atoms with van der Waals surface area (Å²) in [6.45, 7) is 0. The van der Waals surface area contributed by atoms with Crippen molar-refractivity contribution in [2.45, 2.75) is 17.8 Å². The minimum Gasteiger partial charge on any atom is -1.00 e. The van der Waals surface area contributed by atoms with E-state index in [1.165, 1.54) is 23.1 Å². The van der Waals surface area contributed by atoms with E-state index in [-0.39, 0.29) is 59.8 Å². The molecule has 24 heavy (non-hydrogen) atoms. The first kappa shape index (κ1) is 20.0. The van der Waals surface area contributed by atoms with Crippen molar-refractivity contribution in [2.24, 2.45) is 0 Å². The standard InChI is InChI=1S/C12H9Cl2N3O4S2.Na.H/c13-5-3-22-10-7(9(19)17(10)8(5)11(20)21)16-6(18)1-4-2-23-12(14)15-4;;/h2,7,10H,1,3H2,(H,16,18)(H,20,21);;/q;+1;-1/t7-,10-;;/m1../s1. The number of thiazole rings is 1. The number of aliphatic carboxylic acids is 1. The van der Waals surface area contributed by atoms with Gasteiger partial charge >= 0.3 is 35.5 Å². The Balaban J connectivity index is 0.00000156. The van der Waals surface area contributed by atoms with Gasteiger partial charge in [0.25, 0.3) is 5.91 Å². The fourth-order valence-corrected chi connectivity index (χ4v) is 4.67.